The van der Waals surface area contributed by atoms with Gasteiger partial charge in [0.25, 0.3) is 5.91 Å². The number of benzene rings is 2. The first kappa shape index (κ1) is 21.7. The Morgan fingerprint density at radius 2 is 1.67 bits per heavy atom. The number of hydrogen-bond acceptors (Lipinski definition) is 6. The van der Waals surface area contributed by atoms with Crippen molar-refractivity contribution < 1.29 is 18.7 Å². The van der Waals surface area contributed by atoms with Crippen LogP contribution in [0, 0.1) is 5.82 Å². The quantitative estimate of drug-likeness (QED) is 0.570. The van der Waals surface area contributed by atoms with Gasteiger partial charge in [0.2, 0.25) is 0 Å². The summed E-state index contributed by atoms with van der Waals surface area (Å²) in [6.07, 6.45) is 0. The number of anilines is 2. The molecule has 0 aliphatic carbocycles. The lowest BCUT2D eigenvalue weighted by Crippen LogP contribution is -2.45. The molecule has 0 atom stereocenters. The number of thiocarbonyl (C=S) groups is 1. The van der Waals surface area contributed by atoms with Gasteiger partial charge in [0.05, 0.1) is 24.0 Å². The number of esters is 1. The van der Waals surface area contributed by atoms with Crippen LogP contribution in [-0.4, -0.2) is 62.2 Å². The molecule has 0 aromatic heterocycles. The maximum atomic E-state index is 13.1. The number of carbonyl (C=O) groups is 2. The third kappa shape index (κ3) is 5.31. The van der Waals surface area contributed by atoms with Crippen molar-refractivity contribution in [2.24, 2.45) is 0 Å². The van der Waals surface area contributed by atoms with Crippen molar-refractivity contribution in [2.75, 3.05) is 50.6 Å². The summed E-state index contributed by atoms with van der Waals surface area (Å²) >= 11 is 5.30. The zero-order valence-corrected chi connectivity index (χ0v) is 17.6. The number of methoxy groups -OCH3 is 1. The van der Waals surface area contributed by atoms with Crippen LogP contribution >= 0.6 is 12.2 Å². The molecule has 9 heteroatoms. The normalized spacial score (nSPS) is 14.2. The molecule has 1 fully saturated rings. The van der Waals surface area contributed by atoms with E-state index in [4.69, 9.17) is 17.0 Å². The molecule has 7 nitrogen and oxygen atoms in total. The van der Waals surface area contributed by atoms with Crippen LogP contribution in [0.25, 0.3) is 0 Å². The molecule has 2 N–H and O–H groups in total. The van der Waals surface area contributed by atoms with Gasteiger partial charge in [-0.1, -0.05) is 0 Å². The molecule has 0 unspecified atom stereocenters. The second kappa shape index (κ2) is 9.64. The summed E-state index contributed by atoms with van der Waals surface area (Å²) in [5.41, 5.74) is 2.11. The first-order chi connectivity index (χ1) is 14.4. The molecule has 2 aromatic carbocycles. The Balaban J connectivity index is 1.79. The predicted octanol–water partition coefficient (Wildman–Crippen LogP) is 2.49. The van der Waals surface area contributed by atoms with E-state index in [1.165, 1.54) is 31.4 Å². The van der Waals surface area contributed by atoms with E-state index in [9.17, 15) is 14.0 Å². The zero-order valence-electron chi connectivity index (χ0n) is 16.8. The molecule has 1 saturated heterocycles. The van der Waals surface area contributed by atoms with Crippen molar-refractivity contribution in [1.82, 2.24) is 10.2 Å². The van der Waals surface area contributed by atoms with Gasteiger partial charge in [-0.3, -0.25) is 10.1 Å². The van der Waals surface area contributed by atoms with E-state index >= 15 is 0 Å². The molecule has 1 heterocycles. The molecular weight excluding hydrogens is 407 g/mol. The fourth-order valence-corrected chi connectivity index (χ4v) is 3.34. The van der Waals surface area contributed by atoms with Crippen molar-refractivity contribution in [3.8, 4) is 0 Å². The maximum absolute atomic E-state index is 13.1. The van der Waals surface area contributed by atoms with Crippen molar-refractivity contribution in [3.63, 3.8) is 0 Å². The lowest BCUT2D eigenvalue weighted by molar-refractivity contribution is 0.0600. The van der Waals surface area contributed by atoms with Gasteiger partial charge in [0.1, 0.15) is 5.82 Å². The van der Waals surface area contributed by atoms with Crippen LogP contribution < -0.4 is 15.5 Å². The number of nitrogens with one attached hydrogen (secondary N) is 2. The molecular formula is C21H23FN4O3S. The molecule has 0 spiro atoms. The highest BCUT2D eigenvalue weighted by Crippen LogP contribution is 2.28. The number of ether oxygens (including phenoxy) is 1. The first-order valence-electron chi connectivity index (χ1n) is 9.41. The Bertz CT molecular complexity index is 944. The number of nitrogens with zero attached hydrogens (tertiary/aromatic N) is 2. The number of halogens is 1. The van der Waals surface area contributed by atoms with E-state index in [1.54, 1.807) is 12.1 Å². The highest BCUT2D eigenvalue weighted by Gasteiger charge is 2.20. The highest BCUT2D eigenvalue weighted by molar-refractivity contribution is 7.80. The van der Waals surface area contributed by atoms with E-state index in [0.29, 0.717) is 11.3 Å². The van der Waals surface area contributed by atoms with Gasteiger partial charge in [0, 0.05) is 31.7 Å². The minimum absolute atomic E-state index is 0.0710. The maximum Gasteiger partial charge on any atom is 0.337 e. The molecule has 1 aliphatic rings. The van der Waals surface area contributed by atoms with Gasteiger partial charge in [-0.2, -0.15) is 0 Å². The summed E-state index contributed by atoms with van der Waals surface area (Å²) in [4.78, 5) is 28.7. The summed E-state index contributed by atoms with van der Waals surface area (Å²) in [5, 5.41) is 5.66. The number of likely N-dealkylation sites (N-methyl/N-ethyl adjacent to an activating group) is 1. The fourth-order valence-electron chi connectivity index (χ4n) is 3.13. The lowest BCUT2D eigenvalue weighted by atomic mass is 10.1. The Hall–Kier alpha value is -3.04. The number of rotatable bonds is 4. The molecule has 1 amide bonds. The summed E-state index contributed by atoms with van der Waals surface area (Å²) in [7, 11) is 3.38. The minimum atomic E-state index is -0.468. The Morgan fingerprint density at radius 1 is 1.03 bits per heavy atom. The second-order valence-corrected chi connectivity index (χ2v) is 7.34. The van der Waals surface area contributed by atoms with Crippen molar-refractivity contribution in [2.45, 2.75) is 0 Å². The third-order valence-electron chi connectivity index (χ3n) is 4.84. The van der Waals surface area contributed by atoms with E-state index in [-0.39, 0.29) is 10.7 Å². The lowest BCUT2D eigenvalue weighted by Gasteiger charge is -2.35. The average Bonchev–Trinajstić information content (AvgIpc) is 2.74. The highest BCUT2D eigenvalue weighted by atomic mass is 32.1. The van der Waals surface area contributed by atoms with Crippen LogP contribution in [0.15, 0.2) is 42.5 Å². The van der Waals surface area contributed by atoms with Crippen LogP contribution in [0.3, 0.4) is 0 Å². The molecule has 0 radical (unpaired) electrons. The van der Waals surface area contributed by atoms with E-state index in [1.807, 2.05) is 6.07 Å². The summed E-state index contributed by atoms with van der Waals surface area (Å²) in [5.74, 6) is -1.36. The van der Waals surface area contributed by atoms with E-state index in [2.05, 4.69) is 27.5 Å². The van der Waals surface area contributed by atoms with Gasteiger partial charge in [-0.25, -0.2) is 9.18 Å². The SMILES string of the molecule is COC(=O)c1ccc(N2CCN(C)CC2)c(NC(=S)NC(=O)c2ccc(F)cc2)c1. The topological polar surface area (TPSA) is 73.9 Å². The molecule has 3 rings (SSSR count). The number of hydrogen-bond donors (Lipinski definition) is 2. The predicted molar refractivity (Wildman–Crippen MR) is 118 cm³/mol. The van der Waals surface area contributed by atoms with Crippen molar-refractivity contribution in [3.05, 3.63) is 59.4 Å². The smallest absolute Gasteiger partial charge is 0.337 e. The molecule has 0 bridgehead atoms. The van der Waals surface area contributed by atoms with E-state index < -0.39 is 17.7 Å². The summed E-state index contributed by atoms with van der Waals surface area (Å²) in [6.45, 7) is 3.45. The van der Waals surface area contributed by atoms with Crippen molar-refractivity contribution in [1.29, 1.82) is 0 Å². The van der Waals surface area contributed by atoms with Gasteiger partial charge in [0.15, 0.2) is 5.11 Å². The number of amides is 1. The Morgan fingerprint density at radius 3 is 2.30 bits per heavy atom. The van der Waals surface area contributed by atoms with Gasteiger partial charge in [-0.15, -0.1) is 0 Å². The minimum Gasteiger partial charge on any atom is -0.465 e. The molecule has 30 heavy (non-hydrogen) atoms. The second-order valence-electron chi connectivity index (χ2n) is 6.93. The van der Waals surface area contributed by atoms with Crippen LogP contribution in [0.5, 0.6) is 0 Å². The molecule has 158 valence electrons. The largest absolute Gasteiger partial charge is 0.465 e. The molecule has 0 saturated carbocycles. The molecule has 1 aliphatic heterocycles. The van der Waals surface area contributed by atoms with Crippen LogP contribution in [0.4, 0.5) is 15.8 Å². The van der Waals surface area contributed by atoms with Crippen LogP contribution in [0.2, 0.25) is 0 Å². The van der Waals surface area contributed by atoms with Crippen LogP contribution in [-0.2, 0) is 4.74 Å². The zero-order chi connectivity index (χ0) is 21.7. The average molecular weight is 431 g/mol. The van der Waals surface area contributed by atoms with Crippen molar-refractivity contribution >= 4 is 40.6 Å². The van der Waals surface area contributed by atoms with Crippen LogP contribution in [0.1, 0.15) is 20.7 Å². The number of piperazine rings is 1. The number of carbonyl (C=O) groups excluding carboxylic acids is 2. The fraction of sp³-hybridized carbons (Fsp3) is 0.286. The van der Waals surface area contributed by atoms with E-state index in [0.717, 1.165) is 31.9 Å². The Kier molecular flexibility index (Phi) is 6.96. The third-order valence-corrected chi connectivity index (χ3v) is 5.05. The Labute approximate surface area is 179 Å². The summed E-state index contributed by atoms with van der Waals surface area (Å²) in [6, 6.07) is 10.3. The standard InChI is InChI=1S/C21H23FN4O3S/c1-25-9-11-26(12-10-25)18-8-5-15(20(28)29-2)13-17(18)23-21(30)24-19(27)14-3-6-16(22)7-4-14/h3-8,13H,9-12H2,1-2H3,(H2,23,24,27,30). The summed E-state index contributed by atoms with van der Waals surface area (Å²) < 4.78 is 17.9. The van der Waals surface area contributed by atoms with Gasteiger partial charge >= 0.3 is 5.97 Å². The van der Waals surface area contributed by atoms with Gasteiger partial charge < -0.3 is 19.9 Å². The first-order valence-corrected chi connectivity index (χ1v) is 9.82. The van der Waals surface area contributed by atoms with Gasteiger partial charge in [-0.05, 0) is 61.7 Å². The monoisotopic (exact) mass is 430 g/mol. The molecule has 2 aromatic rings.